The summed E-state index contributed by atoms with van der Waals surface area (Å²) in [6, 6.07) is 1.41. The second-order valence-electron chi connectivity index (χ2n) is 4.30. The summed E-state index contributed by atoms with van der Waals surface area (Å²) in [6.45, 7) is 2.45. The van der Waals surface area contributed by atoms with Gasteiger partial charge in [0.25, 0.3) is 0 Å². The Morgan fingerprint density at radius 3 is 2.94 bits per heavy atom. The average Bonchev–Trinajstić information content (AvgIpc) is 2.81. The first-order valence-corrected chi connectivity index (χ1v) is 5.74. The molecule has 1 saturated heterocycles. The van der Waals surface area contributed by atoms with Crippen molar-refractivity contribution in [2.24, 2.45) is 5.92 Å². The van der Waals surface area contributed by atoms with Crippen LogP contribution in [0.2, 0.25) is 0 Å². The Morgan fingerprint density at radius 1 is 1.56 bits per heavy atom. The number of amides is 2. The molecule has 6 heteroatoms. The zero-order valence-corrected chi connectivity index (χ0v) is 10.0. The Balaban J connectivity index is 1.98. The molecule has 1 aliphatic rings. The Labute approximate surface area is 104 Å². The van der Waals surface area contributed by atoms with Crippen molar-refractivity contribution in [3.8, 4) is 0 Å². The molecule has 2 heterocycles. The Kier molecular flexibility index (Phi) is 3.55. The summed E-state index contributed by atoms with van der Waals surface area (Å²) < 4.78 is 13.3. The van der Waals surface area contributed by atoms with E-state index in [1.54, 1.807) is 4.90 Å². The lowest BCUT2D eigenvalue weighted by Gasteiger charge is -2.14. The lowest BCUT2D eigenvalue weighted by molar-refractivity contribution is -0.128. The third-order valence-corrected chi connectivity index (χ3v) is 3.03. The van der Waals surface area contributed by atoms with Gasteiger partial charge in [0.05, 0.1) is 17.8 Å². The molecule has 2 rings (SSSR count). The summed E-state index contributed by atoms with van der Waals surface area (Å²) in [5.41, 5.74) is 0.122. The van der Waals surface area contributed by atoms with Crippen molar-refractivity contribution in [3.05, 3.63) is 24.3 Å². The Morgan fingerprint density at radius 2 is 2.33 bits per heavy atom. The normalized spacial score (nSPS) is 18.8. The van der Waals surface area contributed by atoms with E-state index in [2.05, 4.69) is 10.3 Å². The van der Waals surface area contributed by atoms with Gasteiger partial charge in [0.2, 0.25) is 11.8 Å². The second kappa shape index (κ2) is 5.12. The molecule has 0 aromatic carbocycles. The average molecular weight is 251 g/mol. The van der Waals surface area contributed by atoms with Crippen LogP contribution in [0, 0.1) is 11.7 Å². The molecule has 96 valence electrons. The standard InChI is InChI=1S/C12H14FN3O2/c1-8(17)16-5-3-9(7-16)12(18)15-11-2-4-14-6-10(11)13/h2,4,6,9H,3,5,7H2,1H3,(H,14,15,18)/t9-/m0/s1. The molecule has 1 atom stereocenters. The molecule has 0 bridgehead atoms. The van der Waals surface area contributed by atoms with Gasteiger partial charge in [-0.3, -0.25) is 14.6 Å². The second-order valence-corrected chi connectivity index (χ2v) is 4.30. The predicted molar refractivity (Wildman–Crippen MR) is 63.2 cm³/mol. The number of nitrogens with one attached hydrogen (secondary N) is 1. The zero-order chi connectivity index (χ0) is 13.1. The van der Waals surface area contributed by atoms with Gasteiger partial charge in [0.1, 0.15) is 0 Å². The lowest BCUT2D eigenvalue weighted by Crippen LogP contribution is -2.29. The minimum atomic E-state index is -0.563. The van der Waals surface area contributed by atoms with Gasteiger partial charge >= 0.3 is 0 Å². The van der Waals surface area contributed by atoms with E-state index in [0.29, 0.717) is 19.5 Å². The van der Waals surface area contributed by atoms with E-state index in [0.717, 1.165) is 6.20 Å². The van der Waals surface area contributed by atoms with E-state index in [4.69, 9.17) is 0 Å². The quantitative estimate of drug-likeness (QED) is 0.853. The zero-order valence-electron chi connectivity index (χ0n) is 10.0. The van der Waals surface area contributed by atoms with E-state index in [9.17, 15) is 14.0 Å². The number of anilines is 1. The molecule has 18 heavy (non-hydrogen) atoms. The van der Waals surface area contributed by atoms with E-state index >= 15 is 0 Å². The molecule has 0 radical (unpaired) electrons. The number of aromatic nitrogens is 1. The fourth-order valence-electron chi connectivity index (χ4n) is 1.97. The summed E-state index contributed by atoms with van der Waals surface area (Å²) in [7, 11) is 0. The molecular formula is C12H14FN3O2. The van der Waals surface area contributed by atoms with E-state index < -0.39 is 5.82 Å². The number of hydrogen-bond donors (Lipinski definition) is 1. The first kappa shape index (κ1) is 12.5. The van der Waals surface area contributed by atoms with Crippen molar-refractivity contribution < 1.29 is 14.0 Å². The minimum Gasteiger partial charge on any atom is -0.342 e. The molecular weight excluding hydrogens is 237 g/mol. The van der Waals surface area contributed by atoms with Crippen molar-refractivity contribution in [2.75, 3.05) is 18.4 Å². The number of nitrogens with zero attached hydrogens (tertiary/aromatic N) is 2. The highest BCUT2D eigenvalue weighted by Crippen LogP contribution is 2.19. The molecule has 1 aromatic heterocycles. The first-order valence-electron chi connectivity index (χ1n) is 5.74. The summed E-state index contributed by atoms with van der Waals surface area (Å²) in [4.78, 5) is 28.3. The van der Waals surface area contributed by atoms with Gasteiger partial charge in [-0.2, -0.15) is 0 Å². The van der Waals surface area contributed by atoms with Gasteiger partial charge in [0, 0.05) is 26.2 Å². The molecule has 5 nitrogen and oxygen atoms in total. The number of carbonyl (C=O) groups excluding carboxylic acids is 2. The molecule has 1 aliphatic heterocycles. The maximum absolute atomic E-state index is 13.3. The van der Waals surface area contributed by atoms with Crippen molar-refractivity contribution in [2.45, 2.75) is 13.3 Å². The maximum atomic E-state index is 13.3. The van der Waals surface area contributed by atoms with E-state index in [-0.39, 0.29) is 23.4 Å². The SMILES string of the molecule is CC(=O)N1CC[C@H](C(=O)Nc2ccncc2F)C1. The lowest BCUT2D eigenvalue weighted by atomic mass is 10.1. The van der Waals surface area contributed by atoms with Crippen LogP contribution in [0.4, 0.5) is 10.1 Å². The number of pyridine rings is 1. The van der Waals surface area contributed by atoms with Gasteiger partial charge in [-0.25, -0.2) is 4.39 Å². The van der Waals surface area contributed by atoms with Crippen LogP contribution in [0.5, 0.6) is 0 Å². The molecule has 0 aliphatic carbocycles. The van der Waals surface area contributed by atoms with Gasteiger partial charge in [-0.15, -0.1) is 0 Å². The monoisotopic (exact) mass is 251 g/mol. The van der Waals surface area contributed by atoms with Crippen LogP contribution in [0.15, 0.2) is 18.5 Å². The molecule has 1 aromatic rings. The molecule has 1 fully saturated rings. The largest absolute Gasteiger partial charge is 0.342 e. The van der Waals surface area contributed by atoms with Gasteiger partial charge in [0.15, 0.2) is 5.82 Å². The first-order chi connectivity index (χ1) is 8.58. The number of hydrogen-bond acceptors (Lipinski definition) is 3. The highest BCUT2D eigenvalue weighted by Gasteiger charge is 2.29. The number of halogens is 1. The summed E-state index contributed by atoms with van der Waals surface area (Å²) >= 11 is 0. The van der Waals surface area contributed by atoms with Crippen molar-refractivity contribution in [1.29, 1.82) is 0 Å². The van der Waals surface area contributed by atoms with Crippen molar-refractivity contribution in [1.82, 2.24) is 9.88 Å². The van der Waals surface area contributed by atoms with Crippen LogP contribution >= 0.6 is 0 Å². The summed E-state index contributed by atoms with van der Waals surface area (Å²) in [5, 5.41) is 2.52. The Hall–Kier alpha value is -1.98. The van der Waals surface area contributed by atoms with E-state index in [1.807, 2.05) is 0 Å². The maximum Gasteiger partial charge on any atom is 0.229 e. The van der Waals surface area contributed by atoms with Crippen LogP contribution in [0.1, 0.15) is 13.3 Å². The minimum absolute atomic E-state index is 0.0413. The fourth-order valence-corrected chi connectivity index (χ4v) is 1.97. The molecule has 0 saturated carbocycles. The van der Waals surface area contributed by atoms with Crippen LogP contribution in [-0.4, -0.2) is 34.8 Å². The van der Waals surface area contributed by atoms with E-state index in [1.165, 1.54) is 19.2 Å². The number of likely N-dealkylation sites (tertiary alicyclic amines) is 1. The smallest absolute Gasteiger partial charge is 0.229 e. The third-order valence-electron chi connectivity index (χ3n) is 3.03. The van der Waals surface area contributed by atoms with Crippen molar-refractivity contribution >= 4 is 17.5 Å². The van der Waals surface area contributed by atoms with Crippen molar-refractivity contribution in [3.63, 3.8) is 0 Å². The van der Waals surface area contributed by atoms with Gasteiger partial charge in [-0.1, -0.05) is 0 Å². The molecule has 0 spiro atoms. The summed E-state index contributed by atoms with van der Waals surface area (Å²) in [5.74, 6) is -1.14. The molecule has 1 N–H and O–H groups in total. The topological polar surface area (TPSA) is 62.3 Å². The van der Waals surface area contributed by atoms with Crippen LogP contribution < -0.4 is 5.32 Å². The predicted octanol–water partition coefficient (Wildman–Crippen LogP) is 1.03. The Bertz CT molecular complexity index is 478. The van der Waals surface area contributed by atoms with Crippen LogP contribution in [0.25, 0.3) is 0 Å². The highest BCUT2D eigenvalue weighted by molar-refractivity contribution is 5.93. The highest BCUT2D eigenvalue weighted by atomic mass is 19.1. The van der Waals surface area contributed by atoms with Crippen LogP contribution in [-0.2, 0) is 9.59 Å². The fraction of sp³-hybridized carbons (Fsp3) is 0.417. The molecule has 2 amide bonds. The summed E-state index contributed by atoms with van der Waals surface area (Å²) in [6.07, 6.45) is 3.07. The number of rotatable bonds is 2. The van der Waals surface area contributed by atoms with Gasteiger partial charge in [-0.05, 0) is 12.5 Å². The molecule has 0 unspecified atom stereocenters. The van der Waals surface area contributed by atoms with Gasteiger partial charge < -0.3 is 10.2 Å². The van der Waals surface area contributed by atoms with Crippen LogP contribution in [0.3, 0.4) is 0 Å². The third kappa shape index (κ3) is 2.64. The number of carbonyl (C=O) groups is 2.